The molecular formula is C17H20N4O5S. The largest absolute Gasteiger partial charge is 0.371 e. The van der Waals surface area contributed by atoms with E-state index in [9.17, 15) is 23.3 Å². The molecule has 144 valence electrons. The van der Waals surface area contributed by atoms with Crippen LogP contribution in [0.4, 0.5) is 17.1 Å². The molecule has 0 aliphatic rings. The fourth-order valence-corrected chi connectivity index (χ4v) is 3.22. The summed E-state index contributed by atoms with van der Waals surface area (Å²) in [6.07, 6.45) is 0. The maximum atomic E-state index is 12.2. The van der Waals surface area contributed by atoms with Gasteiger partial charge in [0.05, 0.1) is 16.4 Å². The molecule has 0 spiro atoms. The SMILES string of the molecule is CNS(=O)(=O)c1ccc(NCC(=O)Nc2c(C)cccc2C)c([N+](=O)[O-])c1. The average Bonchev–Trinajstić information content (AvgIpc) is 2.62. The number of carbonyl (C=O) groups excluding carboxylic acids is 1. The van der Waals surface area contributed by atoms with Gasteiger partial charge in [0, 0.05) is 11.8 Å². The van der Waals surface area contributed by atoms with Crippen molar-refractivity contribution in [2.75, 3.05) is 24.2 Å². The molecule has 0 aliphatic heterocycles. The van der Waals surface area contributed by atoms with Gasteiger partial charge in [-0.2, -0.15) is 0 Å². The van der Waals surface area contributed by atoms with Gasteiger partial charge in [-0.25, -0.2) is 13.1 Å². The third kappa shape index (κ3) is 4.80. The average molecular weight is 392 g/mol. The summed E-state index contributed by atoms with van der Waals surface area (Å²) in [5.41, 5.74) is 2.10. The van der Waals surface area contributed by atoms with Crippen LogP contribution in [-0.2, 0) is 14.8 Å². The minimum atomic E-state index is -3.81. The second kappa shape index (κ2) is 8.14. The van der Waals surface area contributed by atoms with Gasteiger partial charge < -0.3 is 10.6 Å². The van der Waals surface area contributed by atoms with Crippen LogP contribution in [0.2, 0.25) is 0 Å². The summed E-state index contributed by atoms with van der Waals surface area (Å²) in [5, 5.41) is 16.7. The number of nitrogens with zero attached hydrogens (tertiary/aromatic N) is 1. The van der Waals surface area contributed by atoms with E-state index in [0.717, 1.165) is 17.2 Å². The van der Waals surface area contributed by atoms with Crippen LogP contribution in [0.1, 0.15) is 11.1 Å². The Labute approximate surface area is 157 Å². The molecule has 0 aliphatic carbocycles. The molecule has 0 heterocycles. The van der Waals surface area contributed by atoms with E-state index in [1.54, 1.807) is 0 Å². The summed E-state index contributed by atoms with van der Waals surface area (Å²) in [6, 6.07) is 9.03. The number of carbonyl (C=O) groups is 1. The molecule has 0 unspecified atom stereocenters. The van der Waals surface area contributed by atoms with Crippen LogP contribution in [0.5, 0.6) is 0 Å². The molecular weight excluding hydrogens is 372 g/mol. The van der Waals surface area contributed by atoms with E-state index in [4.69, 9.17) is 0 Å². The van der Waals surface area contributed by atoms with Crippen LogP contribution in [0.3, 0.4) is 0 Å². The first kappa shape index (κ1) is 20.3. The van der Waals surface area contributed by atoms with Gasteiger partial charge in [0.15, 0.2) is 0 Å². The van der Waals surface area contributed by atoms with Crippen molar-refractivity contribution in [1.82, 2.24) is 4.72 Å². The zero-order chi connectivity index (χ0) is 20.2. The fraction of sp³-hybridized carbons (Fsp3) is 0.235. The Bertz CT molecular complexity index is 969. The number of nitro benzene ring substituents is 1. The molecule has 2 aromatic rings. The standard InChI is InChI=1S/C17H20N4O5S/c1-11-5-4-6-12(2)17(11)20-16(22)10-19-14-8-7-13(27(25,26)18-3)9-15(14)21(23)24/h4-9,18-19H,10H2,1-3H3,(H,20,22). The first-order valence-corrected chi connectivity index (χ1v) is 9.46. The predicted molar refractivity (Wildman–Crippen MR) is 102 cm³/mol. The lowest BCUT2D eigenvalue weighted by atomic mass is 10.1. The van der Waals surface area contributed by atoms with Gasteiger partial charge in [-0.1, -0.05) is 18.2 Å². The van der Waals surface area contributed by atoms with Gasteiger partial charge in [0.1, 0.15) is 5.69 Å². The number of hydrogen-bond acceptors (Lipinski definition) is 6. The van der Waals surface area contributed by atoms with E-state index >= 15 is 0 Å². The van der Waals surface area contributed by atoms with Gasteiger partial charge in [0.2, 0.25) is 15.9 Å². The van der Waals surface area contributed by atoms with Crippen molar-refractivity contribution >= 4 is 33.0 Å². The van der Waals surface area contributed by atoms with Crippen molar-refractivity contribution in [3.05, 3.63) is 57.6 Å². The zero-order valence-corrected chi connectivity index (χ0v) is 15.9. The number of nitrogens with one attached hydrogen (secondary N) is 3. The topological polar surface area (TPSA) is 130 Å². The molecule has 0 bridgehead atoms. The molecule has 0 aromatic heterocycles. The second-order valence-electron chi connectivity index (χ2n) is 5.81. The Kier molecular flexibility index (Phi) is 6.13. The lowest BCUT2D eigenvalue weighted by Crippen LogP contribution is -2.23. The first-order valence-electron chi connectivity index (χ1n) is 7.97. The van der Waals surface area contributed by atoms with Crippen molar-refractivity contribution in [2.24, 2.45) is 0 Å². The van der Waals surface area contributed by atoms with Crippen LogP contribution >= 0.6 is 0 Å². The summed E-state index contributed by atoms with van der Waals surface area (Å²) in [5.74, 6) is -0.381. The predicted octanol–water partition coefficient (Wildman–Crippen LogP) is 2.17. The Balaban J connectivity index is 2.17. The van der Waals surface area contributed by atoms with Crippen LogP contribution in [0, 0.1) is 24.0 Å². The van der Waals surface area contributed by atoms with Gasteiger partial charge in [-0.3, -0.25) is 14.9 Å². The minimum Gasteiger partial charge on any atom is -0.371 e. The highest BCUT2D eigenvalue weighted by molar-refractivity contribution is 7.89. The van der Waals surface area contributed by atoms with Gasteiger partial charge in [-0.05, 0) is 44.2 Å². The maximum Gasteiger partial charge on any atom is 0.293 e. The molecule has 3 N–H and O–H groups in total. The van der Waals surface area contributed by atoms with Gasteiger partial charge in [-0.15, -0.1) is 0 Å². The van der Waals surface area contributed by atoms with E-state index in [2.05, 4.69) is 15.4 Å². The summed E-state index contributed by atoms with van der Waals surface area (Å²) >= 11 is 0. The maximum absolute atomic E-state index is 12.2. The molecule has 0 radical (unpaired) electrons. The molecule has 2 rings (SSSR count). The smallest absolute Gasteiger partial charge is 0.293 e. The molecule has 0 saturated heterocycles. The minimum absolute atomic E-state index is 0.0479. The Morgan fingerprint density at radius 2 is 1.78 bits per heavy atom. The number of aryl methyl sites for hydroxylation is 2. The molecule has 0 atom stereocenters. The highest BCUT2D eigenvalue weighted by Gasteiger charge is 2.20. The summed E-state index contributed by atoms with van der Waals surface area (Å²) in [4.78, 5) is 22.5. The van der Waals surface area contributed by atoms with E-state index in [1.807, 2.05) is 32.0 Å². The van der Waals surface area contributed by atoms with Crippen molar-refractivity contribution in [3.63, 3.8) is 0 Å². The number of amides is 1. The number of rotatable bonds is 7. The van der Waals surface area contributed by atoms with Crippen LogP contribution in [0.25, 0.3) is 0 Å². The van der Waals surface area contributed by atoms with E-state index in [1.165, 1.54) is 19.2 Å². The fourth-order valence-electron chi connectivity index (χ4n) is 2.47. The van der Waals surface area contributed by atoms with Crippen LogP contribution < -0.4 is 15.4 Å². The quantitative estimate of drug-likeness (QED) is 0.489. The highest BCUT2D eigenvalue weighted by atomic mass is 32.2. The number of sulfonamides is 1. The second-order valence-corrected chi connectivity index (χ2v) is 7.70. The molecule has 0 fully saturated rings. The Morgan fingerprint density at radius 3 is 2.33 bits per heavy atom. The molecule has 10 heteroatoms. The molecule has 27 heavy (non-hydrogen) atoms. The van der Waals surface area contributed by atoms with Gasteiger partial charge >= 0.3 is 0 Å². The Hall–Kier alpha value is -2.98. The van der Waals surface area contributed by atoms with Gasteiger partial charge in [0.25, 0.3) is 5.69 Å². The highest BCUT2D eigenvalue weighted by Crippen LogP contribution is 2.27. The number of benzene rings is 2. The lowest BCUT2D eigenvalue weighted by Gasteiger charge is -2.13. The summed E-state index contributed by atoms with van der Waals surface area (Å²) < 4.78 is 25.7. The third-order valence-electron chi connectivity index (χ3n) is 3.93. The first-order chi connectivity index (χ1) is 12.7. The van der Waals surface area contributed by atoms with Crippen molar-refractivity contribution in [2.45, 2.75) is 18.7 Å². The molecule has 0 saturated carbocycles. The van der Waals surface area contributed by atoms with Crippen molar-refractivity contribution in [1.29, 1.82) is 0 Å². The van der Waals surface area contributed by atoms with Crippen LogP contribution in [0.15, 0.2) is 41.3 Å². The number of hydrogen-bond donors (Lipinski definition) is 3. The van der Waals surface area contributed by atoms with E-state index in [0.29, 0.717) is 5.69 Å². The van der Waals surface area contributed by atoms with Crippen molar-refractivity contribution < 1.29 is 18.1 Å². The number of anilines is 2. The lowest BCUT2D eigenvalue weighted by molar-refractivity contribution is -0.384. The van der Waals surface area contributed by atoms with E-state index in [-0.39, 0.29) is 23.0 Å². The van der Waals surface area contributed by atoms with E-state index < -0.39 is 20.6 Å². The van der Waals surface area contributed by atoms with Crippen molar-refractivity contribution in [3.8, 4) is 0 Å². The third-order valence-corrected chi connectivity index (χ3v) is 5.34. The molecule has 9 nitrogen and oxygen atoms in total. The Morgan fingerprint density at radius 1 is 1.15 bits per heavy atom. The molecule has 2 aromatic carbocycles. The normalized spacial score (nSPS) is 11.1. The van der Waals surface area contributed by atoms with Crippen LogP contribution in [-0.4, -0.2) is 32.8 Å². The number of para-hydroxylation sites is 1. The summed E-state index contributed by atoms with van der Waals surface area (Å²) in [7, 11) is -2.60. The zero-order valence-electron chi connectivity index (χ0n) is 15.1. The monoisotopic (exact) mass is 392 g/mol. The molecule has 1 amide bonds. The number of nitro groups is 1. The summed E-state index contributed by atoms with van der Waals surface area (Å²) in [6.45, 7) is 3.51.